The van der Waals surface area contributed by atoms with Crippen molar-refractivity contribution in [3.63, 3.8) is 0 Å². The molecule has 3 aromatic rings. The summed E-state index contributed by atoms with van der Waals surface area (Å²) in [7, 11) is 0. The van der Waals surface area contributed by atoms with Crippen LogP contribution >= 0.6 is 0 Å². The first kappa shape index (κ1) is 8.05. The average molecular weight is 201 g/mol. The van der Waals surface area contributed by atoms with Gasteiger partial charge in [0.2, 0.25) is 0 Å². The summed E-state index contributed by atoms with van der Waals surface area (Å²) in [6, 6.07) is 9.52. The van der Waals surface area contributed by atoms with Crippen molar-refractivity contribution in [2.45, 2.75) is 0 Å². The van der Waals surface area contributed by atoms with Crippen LogP contribution in [0.4, 0.5) is 6.01 Å². The third kappa shape index (κ3) is 1.25. The van der Waals surface area contributed by atoms with E-state index in [2.05, 4.69) is 10.2 Å². The highest BCUT2D eigenvalue weighted by Crippen LogP contribution is 2.26. The van der Waals surface area contributed by atoms with E-state index in [-0.39, 0.29) is 6.01 Å². The van der Waals surface area contributed by atoms with E-state index in [0.717, 1.165) is 11.0 Å². The summed E-state index contributed by atoms with van der Waals surface area (Å²) in [5, 5.41) is 8.30. The zero-order valence-corrected chi connectivity index (χ0v) is 7.68. The Morgan fingerprint density at radius 3 is 2.67 bits per heavy atom. The minimum absolute atomic E-state index is 0.0328. The highest BCUT2D eigenvalue weighted by Gasteiger charge is 2.11. The number of rotatable bonds is 1. The van der Waals surface area contributed by atoms with E-state index in [1.165, 1.54) is 0 Å². The lowest BCUT2D eigenvalue weighted by atomic mass is 10.2. The smallest absolute Gasteiger partial charge is 0.313 e. The number of nitrogen functional groups attached to an aromatic ring is 1. The number of anilines is 1. The van der Waals surface area contributed by atoms with Gasteiger partial charge in [0.25, 0.3) is 5.89 Å². The van der Waals surface area contributed by atoms with Gasteiger partial charge in [0.1, 0.15) is 5.58 Å². The number of hydrogen-bond acceptors (Lipinski definition) is 5. The summed E-state index contributed by atoms with van der Waals surface area (Å²) in [6.07, 6.45) is 0. The van der Waals surface area contributed by atoms with Crippen molar-refractivity contribution in [2.75, 3.05) is 5.73 Å². The highest BCUT2D eigenvalue weighted by atomic mass is 16.4. The van der Waals surface area contributed by atoms with Crippen molar-refractivity contribution in [2.24, 2.45) is 0 Å². The van der Waals surface area contributed by atoms with Crippen LogP contribution < -0.4 is 5.73 Å². The van der Waals surface area contributed by atoms with Gasteiger partial charge >= 0.3 is 6.01 Å². The lowest BCUT2D eigenvalue weighted by Gasteiger charge is -1.84. The van der Waals surface area contributed by atoms with Crippen LogP contribution in [0.5, 0.6) is 0 Å². The molecule has 5 nitrogen and oxygen atoms in total. The van der Waals surface area contributed by atoms with Crippen molar-refractivity contribution in [1.29, 1.82) is 0 Å². The van der Waals surface area contributed by atoms with Crippen LogP contribution in [-0.4, -0.2) is 10.2 Å². The molecular weight excluding hydrogens is 194 g/mol. The van der Waals surface area contributed by atoms with Crippen molar-refractivity contribution < 1.29 is 8.83 Å². The fourth-order valence-electron chi connectivity index (χ4n) is 1.42. The van der Waals surface area contributed by atoms with Gasteiger partial charge < -0.3 is 14.6 Å². The van der Waals surface area contributed by atoms with E-state index in [4.69, 9.17) is 14.6 Å². The minimum Gasteiger partial charge on any atom is -0.451 e. The second-order valence-corrected chi connectivity index (χ2v) is 3.09. The Bertz CT molecular complexity index is 579. The molecule has 2 N–H and O–H groups in total. The van der Waals surface area contributed by atoms with E-state index in [9.17, 15) is 0 Å². The van der Waals surface area contributed by atoms with Crippen LogP contribution in [0.25, 0.3) is 22.6 Å². The Kier molecular flexibility index (Phi) is 1.53. The second-order valence-electron chi connectivity index (χ2n) is 3.09. The Morgan fingerprint density at radius 1 is 1.07 bits per heavy atom. The second kappa shape index (κ2) is 2.84. The van der Waals surface area contributed by atoms with E-state index in [0.29, 0.717) is 11.7 Å². The highest BCUT2D eigenvalue weighted by molar-refractivity contribution is 5.81. The summed E-state index contributed by atoms with van der Waals surface area (Å²) in [4.78, 5) is 0. The summed E-state index contributed by atoms with van der Waals surface area (Å²) in [6.45, 7) is 0. The minimum atomic E-state index is 0.0328. The third-order valence-corrected chi connectivity index (χ3v) is 2.08. The van der Waals surface area contributed by atoms with Crippen LogP contribution in [0.1, 0.15) is 0 Å². The number of fused-ring (bicyclic) bond motifs is 1. The molecular formula is C10H7N3O2. The van der Waals surface area contributed by atoms with Gasteiger partial charge in [-0.2, -0.15) is 0 Å². The average Bonchev–Trinajstić information content (AvgIpc) is 2.82. The number of para-hydroxylation sites is 1. The molecule has 74 valence electrons. The molecule has 2 heterocycles. The summed E-state index contributed by atoms with van der Waals surface area (Å²) < 4.78 is 10.6. The fourth-order valence-corrected chi connectivity index (χ4v) is 1.42. The van der Waals surface area contributed by atoms with Gasteiger partial charge in [0.15, 0.2) is 5.76 Å². The number of benzene rings is 1. The largest absolute Gasteiger partial charge is 0.451 e. The van der Waals surface area contributed by atoms with Crippen molar-refractivity contribution in [3.05, 3.63) is 30.3 Å². The zero-order chi connectivity index (χ0) is 10.3. The van der Waals surface area contributed by atoms with Crippen molar-refractivity contribution in [1.82, 2.24) is 10.2 Å². The summed E-state index contributed by atoms with van der Waals surface area (Å²) in [5.74, 6) is 0.823. The molecule has 0 aliphatic carbocycles. The first-order valence-electron chi connectivity index (χ1n) is 4.41. The predicted molar refractivity (Wildman–Crippen MR) is 53.9 cm³/mol. The standard InChI is InChI=1S/C10H7N3O2/c11-10-13-12-9(15-10)8-5-6-3-1-2-4-7(6)14-8/h1-5H,(H2,11,13). The maximum atomic E-state index is 5.52. The first-order chi connectivity index (χ1) is 7.33. The quantitative estimate of drug-likeness (QED) is 0.651. The molecule has 0 aliphatic heterocycles. The van der Waals surface area contributed by atoms with Gasteiger partial charge in [-0.3, -0.25) is 0 Å². The first-order valence-corrected chi connectivity index (χ1v) is 4.41. The molecule has 0 unspecified atom stereocenters. The Labute approximate surface area is 84.5 Å². The molecule has 0 atom stereocenters. The molecule has 15 heavy (non-hydrogen) atoms. The van der Waals surface area contributed by atoms with E-state index < -0.39 is 0 Å². The molecule has 0 radical (unpaired) electrons. The maximum Gasteiger partial charge on any atom is 0.313 e. The van der Waals surface area contributed by atoms with Crippen LogP contribution in [0.15, 0.2) is 39.2 Å². The number of furan rings is 1. The molecule has 0 bridgehead atoms. The van der Waals surface area contributed by atoms with Gasteiger partial charge in [-0.25, -0.2) is 0 Å². The monoisotopic (exact) mass is 201 g/mol. The zero-order valence-electron chi connectivity index (χ0n) is 7.68. The van der Waals surface area contributed by atoms with Gasteiger partial charge in [-0.05, 0) is 12.1 Å². The Morgan fingerprint density at radius 2 is 1.93 bits per heavy atom. The Hall–Kier alpha value is -2.30. The predicted octanol–water partition coefficient (Wildman–Crippen LogP) is 2.06. The molecule has 2 aromatic heterocycles. The molecule has 0 saturated carbocycles. The maximum absolute atomic E-state index is 5.52. The molecule has 1 aromatic carbocycles. The number of nitrogens with zero attached hydrogens (tertiary/aromatic N) is 2. The summed E-state index contributed by atoms with van der Waals surface area (Å²) >= 11 is 0. The molecule has 0 fully saturated rings. The third-order valence-electron chi connectivity index (χ3n) is 2.08. The molecule has 0 spiro atoms. The SMILES string of the molecule is Nc1nnc(-c2cc3ccccc3o2)o1. The molecule has 5 heteroatoms. The van der Waals surface area contributed by atoms with Crippen molar-refractivity contribution in [3.8, 4) is 11.7 Å². The van der Waals surface area contributed by atoms with Gasteiger partial charge in [-0.15, -0.1) is 5.10 Å². The topological polar surface area (TPSA) is 78.1 Å². The molecule has 0 aliphatic rings. The fraction of sp³-hybridized carbons (Fsp3) is 0. The number of aromatic nitrogens is 2. The normalized spacial score (nSPS) is 10.9. The Balaban J connectivity index is 2.19. The molecule has 3 rings (SSSR count). The van der Waals surface area contributed by atoms with Crippen LogP contribution in [0.2, 0.25) is 0 Å². The molecule has 0 amide bonds. The van der Waals surface area contributed by atoms with Gasteiger partial charge in [0.05, 0.1) is 0 Å². The van der Waals surface area contributed by atoms with Crippen molar-refractivity contribution >= 4 is 17.0 Å². The van der Waals surface area contributed by atoms with E-state index >= 15 is 0 Å². The van der Waals surface area contributed by atoms with Crippen LogP contribution in [0, 0.1) is 0 Å². The lowest BCUT2D eigenvalue weighted by molar-refractivity contribution is 0.545. The number of nitrogens with two attached hydrogens (primary N) is 1. The lowest BCUT2D eigenvalue weighted by Crippen LogP contribution is -1.81. The molecule has 0 saturated heterocycles. The van der Waals surface area contributed by atoms with Gasteiger partial charge in [0, 0.05) is 5.39 Å². The van der Waals surface area contributed by atoms with Crippen LogP contribution in [-0.2, 0) is 0 Å². The van der Waals surface area contributed by atoms with Gasteiger partial charge in [-0.1, -0.05) is 23.3 Å². The van der Waals surface area contributed by atoms with Crippen LogP contribution in [0.3, 0.4) is 0 Å². The van der Waals surface area contributed by atoms with E-state index in [1.54, 1.807) is 0 Å². The number of hydrogen-bond donors (Lipinski definition) is 1. The summed E-state index contributed by atoms with van der Waals surface area (Å²) in [5.41, 5.74) is 6.11. The van der Waals surface area contributed by atoms with E-state index in [1.807, 2.05) is 30.3 Å².